The number of para-hydroxylation sites is 2. The van der Waals surface area contributed by atoms with E-state index in [4.69, 9.17) is 4.98 Å². The molecular formula is C20H28N4O. The van der Waals surface area contributed by atoms with E-state index in [9.17, 15) is 4.79 Å². The summed E-state index contributed by atoms with van der Waals surface area (Å²) in [6.45, 7) is 3.99. The van der Waals surface area contributed by atoms with Gasteiger partial charge in [0.25, 0.3) is 0 Å². The van der Waals surface area contributed by atoms with Crippen molar-refractivity contribution in [1.29, 1.82) is 0 Å². The first kappa shape index (κ1) is 16.4. The van der Waals surface area contributed by atoms with Crippen molar-refractivity contribution in [3.05, 3.63) is 24.3 Å². The lowest BCUT2D eigenvalue weighted by atomic mass is 9.85. The number of anilines is 1. The van der Waals surface area contributed by atoms with Gasteiger partial charge < -0.3 is 15.2 Å². The number of hydrogen-bond acceptors (Lipinski definition) is 3. The lowest BCUT2D eigenvalue weighted by molar-refractivity contribution is -0.126. The van der Waals surface area contributed by atoms with Crippen LogP contribution in [0.3, 0.4) is 0 Å². The van der Waals surface area contributed by atoms with Gasteiger partial charge in [-0.1, -0.05) is 31.9 Å². The van der Waals surface area contributed by atoms with Gasteiger partial charge in [0, 0.05) is 19.1 Å². The average Bonchev–Trinajstić information content (AvgIpc) is 3.08. The van der Waals surface area contributed by atoms with Crippen molar-refractivity contribution in [2.75, 3.05) is 18.0 Å². The van der Waals surface area contributed by atoms with E-state index in [1.807, 2.05) is 24.3 Å². The maximum absolute atomic E-state index is 12.8. The fourth-order valence-corrected chi connectivity index (χ4v) is 4.30. The van der Waals surface area contributed by atoms with E-state index in [0.717, 1.165) is 49.3 Å². The lowest BCUT2D eigenvalue weighted by Gasteiger charge is -2.35. The van der Waals surface area contributed by atoms with Crippen LogP contribution in [0.2, 0.25) is 0 Å². The summed E-state index contributed by atoms with van der Waals surface area (Å²) in [5.74, 6) is 1.80. The van der Waals surface area contributed by atoms with Crippen molar-refractivity contribution in [1.82, 2.24) is 15.3 Å². The van der Waals surface area contributed by atoms with Crippen molar-refractivity contribution in [2.45, 2.75) is 51.5 Å². The van der Waals surface area contributed by atoms with E-state index in [2.05, 4.69) is 22.1 Å². The van der Waals surface area contributed by atoms with Gasteiger partial charge in [-0.05, 0) is 43.7 Å². The van der Waals surface area contributed by atoms with Crippen LogP contribution >= 0.6 is 0 Å². The lowest BCUT2D eigenvalue weighted by Crippen LogP contribution is -2.48. The van der Waals surface area contributed by atoms with Crippen LogP contribution in [0.5, 0.6) is 0 Å². The number of H-pyrrole nitrogens is 1. The molecule has 1 aromatic heterocycles. The molecule has 1 aliphatic heterocycles. The fraction of sp³-hybridized carbons (Fsp3) is 0.600. The zero-order chi connectivity index (χ0) is 17.2. The van der Waals surface area contributed by atoms with E-state index in [-0.39, 0.29) is 11.8 Å². The SMILES string of the molecule is C[C@@H]1CCCC[C@H]1NC(=O)[C@@H]1CCCN(c2nc3ccccc3[nH]2)C1. The highest BCUT2D eigenvalue weighted by molar-refractivity contribution is 5.80. The first-order chi connectivity index (χ1) is 12.2. The molecule has 1 amide bonds. The topological polar surface area (TPSA) is 61.0 Å². The fourth-order valence-electron chi connectivity index (χ4n) is 4.30. The monoisotopic (exact) mass is 340 g/mol. The molecule has 2 heterocycles. The number of imidazole rings is 1. The number of carbonyl (C=O) groups excluding carboxylic acids is 1. The van der Waals surface area contributed by atoms with Gasteiger partial charge in [0.1, 0.15) is 0 Å². The Balaban J connectivity index is 1.42. The number of nitrogens with one attached hydrogen (secondary N) is 2. The molecule has 1 aliphatic carbocycles. The summed E-state index contributed by atoms with van der Waals surface area (Å²) in [7, 11) is 0. The van der Waals surface area contributed by atoms with Crippen LogP contribution in [0, 0.1) is 11.8 Å². The van der Waals surface area contributed by atoms with E-state index in [1.54, 1.807) is 0 Å². The number of aromatic amines is 1. The Hall–Kier alpha value is -2.04. The maximum Gasteiger partial charge on any atom is 0.225 e. The highest BCUT2D eigenvalue weighted by Crippen LogP contribution is 2.26. The molecule has 134 valence electrons. The molecule has 1 saturated carbocycles. The second-order valence-electron chi connectivity index (χ2n) is 7.74. The molecule has 2 aliphatic rings. The molecule has 0 spiro atoms. The van der Waals surface area contributed by atoms with Crippen LogP contribution < -0.4 is 10.2 Å². The summed E-state index contributed by atoms with van der Waals surface area (Å²) < 4.78 is 0. The average molecular weight is 340 g/mol. The van der Waals surface area contributed by atoms with Crippen LogP contribution in [-0.2, 0) is 4.79 Å². The van der Waals surface area contributed by atoms with Crippen LogP contribution in [0.25, 0.3) is 11.0 Å². The molecule has 3 atom stereocenters. The van der Waals surface area contributed by atoms with Crippen molar-refractivity contribution >= 4 is 22.9 Å². The predicted molar refractivity (Wildman–Crippen MR) is 101 cm³/mol. The normalized spacial score (nSPS) is 27.4. The highest BCUT2D eigenvalue weighted by atomic mass is 16.2. The molecule has 2 aromatic rings. The number of piperidine rings is 1. The molecule has 5 nitrogen and oxygen atoms in total. The molecule has 0 bridgehead atoms. The molecule has 25 heavy (non-hydrogen) atoms. The number of nitrogens with zero attached hydrogens (tertiary/aromatic N) is 2. The van der Waals surface area contributed by atoms with Crippen LogP contribution in [-0.4, -0.2) is 35.0 Å². The second-order valence-corrected chi connectivity index (χ2v) is 7.74. The quantitative estimate of drug-likeness (QED) is 0.899. The molecule has 4 rings (SSSR count). The number of carbonyl (C=O) groups is 1. The Labute approximate surface area is 149 Å². The Morgan fingerprint density at radius 1 is 1.20 bits per heavy atom. The number of amides is 1. The zero-order valence-corrected chi connectivity index (χ0v) is 15.0. The van der Waals surface area contributed by atoms with E-state index in [0.29, 0.717) is 12.0 Å². The molecule has 1 aromatic carbocycles. The largest absolute Gasteiger partial charge is 0.353 e. The smallest absolute Gasteiger partial charge is 0.225 e. The van der Waals surface area contributed by atoms with Crippen molar-refractivity contribution in [3.63, 3.8) is 0 Å². The van der Waals surface area contributed by atoms with Gasteiger partial charge in [-0.3, -0.25) is 4.79 Å². The number of rotatable bonds is 3. The molecule has 1 saturated heterocycles. The third-order valence-corrected chi connectivity index (χ3v) is 5.91. The minimum Gasteiger partial charge on any atom is -0.353 e. The molecule has 0 unspecified atom stereocenters. The third-order valence-electron chi connectivity index (χ3n) is 5.91. The van der Waals surface area contributed by atoms with Crippen LogP contribution in [0.1, 0.15) is 45.4 Å². The number of benzene rings is 1. The molecule has 2 N–H and O–H groups in total. The zero-order valence-electron chi connectivity index (χ0n) is 15.0. The van der Waals surface area contributed by atoms with Crippen molar-refractivity contribution in [3.8, 4) is 0 Å². The summed E-state index contributed by atoms with van der Waals surface area (Å²) in [6.07, 6.45) is 6.93. The van der Waals surface area contributed by atoms with E-state index < -0.39 is 0 Å². The van der Waals surface area contributed by atoms with Gasteiger partial charge in [-0.2, -0.15) is 0 Å². The number of hydrogen-bond donors (Lipinski definition) is 2. The van der Waals surface area contributed by atoms with E-state index >= 15 is 0 Å². The van der Waals surface area contributed by atoms with Gasteiger partial charge in [-0.25, -0.2) is 4.98 Å². The molecular weight excluding hydrogens is 312 g/mol. The summed E-state index contributed by atoms with van der Waals surface area (Å²) >= 11 is 0. The van der Waals surface area contributed by atoms with E-state index in [1.165, 1.54) is 19.3 Å². The summed E-state index contributed by atoms with van der Waals surface area (Å²) in [6, 6.07) is 8.45. The number of fused-ring (bicyclic) bond motifs is 1. The Morgan fingerprint density at radius 3 is 2.88 bits per heavy atom. The molecule has 5 heteroatoms. The number of aromatic nitrogens is 2. The Bertz CT molecular complexity index is 707. The van der Waals surface area contributed by atoms with Gasteiger partial charge >= 0.3 is 0 Å². The third kappa shape index (κ3) is 3.51. The van der Waals surface area contributed by atoms with Gasteiger partial charge in [0.2, 0.25) is 11.9 Å². The summed E-state index contributed by atoms with van der Waals surface area (Å²) in [4.78, 5) is 23.1. The summed E-state index contributed by atoms with van der Waals surface area (Å²) in [5, 5.41) is 3.34. The first-order valence-electron chi connectivity index (χ1n) is 9.71. The maximum atomic E-state index is 12.8. The van der Waals surface area contributed by atoms with Gasteiger partial charge in [0.05, 0.1) is 17.0 Å². The standard InChI is InChI=1S/C20H28N4O/c1-14-7-2-3-9-16(14)21-19(25)15-8-6-12-24(13-15)20-22-17-10-4-5-11-18(17)23-20/h4-5,10-11,14-16H,2-3,6-9,12-13H2,1H3,(H,21,25)(H,22,23)/t14-,15-,16-/m1/s1. The van der Waals surface area contributed by atoms with Gasteiger partial charge in [0.15, 0.2) is 0 Å². The van der Waals surface area contributed by atoms with Gasteiger partial charge in [-0.15, -0.1) is 0 Å². The van der Waals surface area contributed by atoms with Crippen molar-refractivity contribution < 1.29 is 4.79 Å². The summed E-state index contributed by atoms with van der Waals surface area (Å²) in [5.41, 5.74) is 2.04. The highest BCUT2D eigenvalue weighted by Gasteiger charge is 2.30. The first-order valence-corrected chi connectivity index (χ1v) is 9.71. The predicted octanol–water partition coefficient (Wildman–Crippen LogP) is 3.47. The second kappa shape index (κ2) is 7.06. The van der Waals surface area contributed by atoms with Crippen LogP contribution in [0.15, 0.2) is 24.3 Å². The minimum absolute atomic E-state index is 0.0658. The Kier molecular flexibility index (Phi) is 4.64. The van der Waals surface area contributed by atoms with Crippen LogP contribution in [0.4, 0.5) is 5.95 Å². The minimum atomic E-state index is 0.0658. The molecule has 0 radical (unpaired) electrons. The molecule has 2 fully saturated rings. The Morgan fingerprint density at radius 2 is 2.04 bits per heavy atom. The van der Waals surface area contributed by atoms with Crippen molar-refractivity contribution in [2.24, 2.45) is 11.8 Å².